The molecule has 0 spiro atoms. The van der Waals surface area contributed by atoms with Crippen molar-refractivity contribution in [3.8, 4) is 0 Å². The van der Waals surface area contributed by atoms with E-state index >= 15 is 0 Å². The second-order valence-corrected chi connectivity index (χ2v) is 3.64. The van der Waals surface area contributed by atoms with Gasteiger partial charge in [-0.15, -0.1) is 0 Å². The summed E-state index contributed by atoms with van der Waals surface area (Å²) in [5.74, 6) is -0.662. The molecule has 1 aliphatic rings. The summed E-state index contributed by atoms with van der Waals surface area (Å²) in [6, 6.07) is 1.66. The van der Waals surface area contributed by atoms with Crippen LogP contribution < -0.4 is 0 Å². The Morgan fingerprint density at radius 1 is 1.80 bits per heavy atom. The fraction of sp³-hybridized carbons (Fsp3) is 0.600. The summed E-state index contributed by atoms with van der Waals surface area (Å²) < 4.78 is 6.78. The Kier molecular flexibility index (Phi) is 2.73. The quantitative estimate of drug-likeness (QED) is 0.811. The highest BCUT2D eigenvalue weighted by Gasteiger charge is 2.23. The molecule has 0 bridgehead atoms. The number of hydrogen-bond acceptors (Lipinski definition) is 3. The molecule has 0 unspecified atom stereocenters. The van der Waals surface area contributed by atoms with Crippen LogP contribution in [-0.4, -0.2) is 34.1 Å². The second-order valence-electron chi connectivity index (χ2n) is 3.64. The van der Waals surface area contributed by atoms with E-state index in [0.717, 1.165) is 18.7 Å². The Hall–Kier alpha value is -1.36. The number of hydrogen-bond donors (Lipinski definition) is 1. The second kappa shape index (κ2) is 4.02. The SMILES string of the molecule is CCn1nc([C@@H]2CCOC2)cc1C(=O)O. The minimum Gasteiger partial charge on any atom is -0.477 e. The maximum absolute atomic E-state index is 10.9. The van der Waals surface area contributed by atoms with Crippen LogP contribution in [-0.2, 0) is 11.3 Å². The Labute approximate surface area is 87.7 Å². The standard InChI is InChI=1S/C10H14N2O3/c1-2-12-9(10(13)14)5-8(11-12)7-3-4-15-6-7/h5,7H,2-4,6H2,1H3,(H,13,14)/t7-/m1/s1. The first kappa shape index (κ1) is 10.2. The van der Waals surface area contributed by atoms with Gasteiger partial charge in [0.15, 0.2) is 0 Å². The summed E-state index contributed by atoms with van der Waals surface area (Å²) in [5, 5.41) is 13.2. The van der Waals surface area contributed by atoms with E-state index in [0.29, 0.717) is 13.2 Å². The lowest BCUT2D eigenvalue weighted by atomic mass is 10.1. The molecule has 0 aromatic carbocycles. The molecule has 5 nitrogen and oxygen atoms in total. The van der Waals surface area contributed by atoms with E-state index in [1.54, 1.807) is 6.07 Å². The van der Waals surface area contributed by atoms with Gasteiger partial charge in [0.25, 0.3) is 0 Å². The molecule has 1 aliphatic heterocycles. The number of nitrogens with zero attached hydrogens (tertiary/aromatic N) is 2. The molecule has 1 aromatic rings. The number of carboxylic acid groups (broad SMARTS) is 1. The summed E-state index contributed by atoms with van der Waals surface area (Å²) in [6.07, 6.45) is 0.930. The molecule has 0 amide bonds. The molecule has 0 aliphatic carbocycles. The van der Waals surface area contributed by atoms with Gasteiger partial charge in [-0.05, 0) is 19.4 Å². The summed E-state index contributed by atoms with van der Waals surface area (Å²) in [6.45, 7) is 3.86. The van der Waals surface area contributed by atoms with Gasteiger partial charge in [-0.1, -0.05) is 0 Å². The molecular weight excluding hydrogens is 196 g/mol. The molecule has 1 atom stereocenters. The van der Waals surface area contributed by atoms with Crippen molar-refractivity contribution < 1.29 is 14.6 Å². The molecule has 1 aromatic heterocycles. The Morgan fingerprint density at radius 3 is 3.07 bits per heavy atom. The van der Waals surface area contributed by atoms with Crippen molar-refractivity contribution in [2.24, 2.45) is 0 Å². The van der Waals surface area contributed by atoms with Crippen LogP contribution in [0.25, 0.3) is 0 Å². The summed E-state index contributed by atoms with van der Waals surface area (Å²) >= 11 is 0. The van der Waals surface area contributed by atoms with Gasteiger partial charge in [-0.2, -0.15) is 5.10 Å². The summed E-state index contributed by atoms with van der Waals surface area (Å²) in [5.41, 5.74) is 1.10. The molecule has 2 heterocycles. The van der Waals surface area contributed by atoms with Crippen LogP contribution >= 0.6 is 0 Å². The van der Waals surface area contributed by atoms with Crippen LogP contribution in [0.15, 0.2) is 6.07 Å². The largest absolute Gasteiger partial charge is 0.477 e. The average molecular weight is 210 g/mol. The third-order valence-electron chi connectivity index (χ3n) is 2.67. The van der Waals surface area contributed by atoms with Gasteiger partial charge in [0, 0.05) is 19.1 Å². The van der Waals surface area contributed by atoms with Crippen molar-refractivity contribution in [1.29, 1.82) is 0 Å². The average Bonchev–Trinajstić information content (AvgIpc) is 2.86. The summed E-state index contributed by atoms with van der Waals surface area (Å²) in [7, 11) is 0. The maximum Gasteiger partial charge on any atom is 0.354 e. The number of carbonyl (C=O) groups is 1. The molecular formula is C10H14N2O3. The van der Waals surface area contributed by atoms with Gasteiger partial charge in [0.2, 0.25) is 0 Å². The van der Waals surface area contributed by atoms with Crippen LogP contribution in [0.1, 0.15) is 35.4 Å². The fourth-order valence-corrected chi connectivity index (χ4v) is 1.82. The monoisotopic (exact) mass is 210 g/mol. The van der Waals surface area contributed by atoms with Crippen LogP contribution in [0.5, 0.6) is 0 Å². The Morgan fingerprint density at radius 2 is 2.60 bits per heavy atom. The van der Waals surface area contributed by atoms with Gasteiger partial charge in [0.1, 0.15) is 5.69 Å². The highest BCUT2D eigenvalue weighted by atomic mass is 16.5. The van der Waals surface area contributed by atoms with E-state index in [-0.39, 0.29) is 11.6 Å². The van der Waals surface area contributed by atoms with E-state index in [9.17, 15) is 4.79 Å². The molecule has 1 saturated heterocycles. The molecule has 2 rings (SSSR count). The third-order valence-corrected chi connectivity index (χ3v) is 2.67. The Balaban J connectivity index is 2.29. The van der Waals surface area contributed by atoms with Crippen molar-refractivity contribution in [3.63, 3.8) is 0 Å². The highest BCUT2D eigenvalue weighted by molar-refractivity contribution is 5.85. The number of ether oxygens (including phenoxy) is 1. The fourth-order valence-electron chi connectivity index (χ4n) is 1.82. The van der Waals surface area contributed by atoms with Gasteiger partial charge in [-0.3, -0.25) is 4.68 Å². The van der Waals surface area contributed by atoms with Crippen molar-refractivity contribution in [1.82, 2.24) is 9.78 Å². The first-order valence-electron chi connectivity index (χ1n) is 5.11. The Bertz CT molecular complexity index is 367. The molecule has 1 N–H and O–H groups in total. The van der Waals surface area contributed by atoms with Crippen molar-refractivity contribution >= 4 is 5.97 Å². The highest BCUT2D eigenvalue weighted by Crippen LogP contribution is 2.24. The molecule has 82 valence electrons. The van der Waals surface area contributed by atoms with Gasteiger partial charge < -0.3 is 9.84 Å². The van der Waals surface area contributed by atoms with Crippen LogP contribution in [0.4, 0.5) is 0 Å². The minimum absolute atomic E-state index is 0.260. The van der Waals surface area contributed by atoms with E-state index in [4.69, 9.17) is 9.84 Å². The van der Waals surface area contributed by atoms with Gasteiger partial charge in [-0.25, -0.2) is 4.79 Å². The van der Waals surface area contributed by atoms with Crippen molar-refractivity contribution in [2.45, 2.75) is 25.8 Å². The number of aryl methyl sites for hydroxylation is 1. The lowest BCUT2D eigenvalue weighted by Gasteiger charge is -2.01. The lowest BCUT2D eigenvalue weighted by Crippen LogP contribution is -2.08. The zero-order valence-electron chi connectivity index (χ0n) is 8.64. The lowest BCUT2D eigenvalue weighted by molar-refractivity contribution is 0.0683. The predicted octanol–water partition coefficient (Wildman–Crippen LogP) is 1.11. The molecule has 15 heavy (non-hydrogen) atoms. The first-order chi connectivity index (χ1) is 7.22. The van der Waals surface area contributed by atoms with E-state index < -0.39 is 5.97 Å². The van der Waals surface area contributed by atoms with Crippen molar-refractivity contribution in [3.05, 3.63) is 17.5 Å². The number of rotatable bonds is 3. The van der Waals surface area contributed by atoms with E-state index in [1.807, 2.05) is 6.92 Å². The normalized spacial score (nSPS) is 20.7. The smallest absolute Gasteiger partial charge is 0.354 e. The van der Waals surface area contributed by atoms with Crippen LogP contribution in [0, 0.1) is 0 Å². The predicted molar refractivity (Wildman–Crippen MR) is 53.0 cm³/mol. The first-order valence-corrected chi connectivity index (χ1v) is 5.11. The van der Waals surface area contributed by atoms with Crippen LogP contribution in [0.2, 0.25) is 0 Å². The number of aromatic nitrogens is 2. The number of aromatic carboxylic acids is 1. The molecule has 0 saturated carbocycles. The summed E-state index contributed by atoms with van der Waals surface area (Å²) in [4.78, 5) is 10.9. The van der Waals surface area contributed by atoms with Crippen molar-refractivity contribution in [2.75, 3.05) is 13.2 Å². The zero-order valence-corrected chi connectivity index (χ0v) is 8.64. The van der Waals surface area contributed by atoms with Gasteiger partial charge in [0.05, 0.1) is 12.3 Å². The zero-order chi connectivity index (χ0) is 10.8. The number of carboxylic acids is 1. The van der Waals surface area contributed by atoms with E-state index in [2.05, 4.69) is 5.10 Å². The van der Waals surface area contributed by atoms with E-state index in [1.165, 1.54) is 4.68 Å². The third kappa shape index (κ3) is 1.87. The van der Waals surface area contributed by atoms with Gasteiger partial charge >= 0.3 is 5.97 Å². The molecule has 5 heteroatoms. The molecule has 1 fully saturated rings. The topological polar surface area (TPSA) is 64.4 Å². The molecule has 0 radical (unpaired) electrons. The van der Waals surface area contributed by atoms with Crippen LogP contribution in [0.3, 0.4) is 0 Å². The maximum atomic E-state index is 10.9. The minimum atomic E-state index is -0.922.